The zero-order valence-corrected chi connectivity index (χ0v) is 14.2. The third-order valence-electron chi connectivity index (χ3n) is 3.77. The van der Waals surface area contributed by atoms with Crippen molar-refractivity contribution >= 4 is 29.5 Å². The highest BCUT2D eigenvalue weighted by Crippen LogP contribution is 2.22. The van der Waals surface area contributed by atoms with Crippen LogP contribution in [-0.4, -0.2) is 48.1 Å². The van der Waals surface area contributed by atoms with Crippen LogP contribution in [-0.2, 0) is 19.1 Å². The summed E-state index contributed by atoms with van der Waals surface area (Å²) in [6.07, 6.45) is 1.29. The maximum Gasteiger partial charge on any atom is 0.316 e. The van der Waals surface area contributed by atoms with Gasteiger partial charge in [0.2, 0.25) is 5.91 Å². The Morgan fingerprint density at radius 3 is 2.80 bits per heavy atom. The lowest BCUT2D eigenvalue weighted by Gasteiger charge is -2.31. The molecule has 0 aliphatic carbocycles. The Bertz CT molecular complexity index is 672. The van der Waals surface area contributed by atoms with Crippen LogP contribution in [0.2, 0.25) is 0 Å². The van der Waals surface area contributed by atoms with E-state index in [0.717, 1.165) is 30.0 Å². The molecule has 0 unspecified atom stereocenters. The molecule has 0 aromatic heterocycles. The average molecular weight is 372 g/mol. The Morgan fingerprint density at radius 2 is 2.08 bits per heavy atom. The SMILES string of the molecule is NC(=O)[C@@H]1CCCN(C(=O)COC(=O)CSc2cc(F)ccc2F)C1. The summed E-state index contributed by atoms with van der Waals surface area (Å²) >= 11 is 0.785. The van der Waals surface area contributed by atoms with Gasteiger partial charge >= 0.3 is 5.97 Å². The Labute approximate surface area is 147 Å². The first kappa shape index (κ1) is 19.2. The largest absolute Gasteiger partial charge is 0.455 e. The second-order valence-electron chi connectivity index (χ2n) is 5.61. The van der Waals surface area contributed by atoms with Crippen molar-refractivity contribution < 1.29 is 27.9 Å². The molecule has 1 saturated heterocycles. The number of halogens is 2. The lowest BCUT2D eigenvalue weighted by Crippen LogP contribution is -2.45. The molecule has 2 N–H and O–H groups in total. The summed E-state index contributed by atoms with van der Waals surface area (Å²) in [5.74, 6) is -3.48. The lowest BCUT2D eigenvalue weighted by atomic mass is 9.97. The summed E-state index contributed by atoms with van der Waals surface area (Å²) in [6, 6.07) is 2.93. The maximum absolute atomic E-state index is 13.4. The number of amides is 2. The van der Waals surface area contributed by atoms with Crippen molar-refractivity contribution in [1.29, 1.82) is 0 Å². The minimum atomic E-state index is -0.717. The summed E-state index contributed by atoms with van der Waals surface area (Å²) in [5.41, 5.74) is 5.25. The molecule has 6 nitrogen and oxygen atoms in total. The molecule has 0 bridgehead atoms. The highest BCUT2D eigenvalue weighted by molar-refractivity contribution is 8.00. The molecule has 1 heterocycles. The zero-order valence-electron chi connectivity index (χ0n) is 13.4. The van der Waals surface area contributed by atoms with Gasteiger partial charge in [-0.3, -0.25) is 14.4 Å². The van der Waals surface area contributed by atoms with E-state index in [-0.39, 0.29) is 23.1 Å². The normalized spacial score (nSPS) is 17.2. The van der Waals surface area contributed by atoms with E-state index in [1.54, 1.807) is 0 Å². The molecular weight excluding hydrogens is 354 g/mol. The first-order valence-electron chi connectivity index (χ1n) is 7.67. The molecule has 2 rings (SSSR count). The molecule has 1 aliphatic rings. The molecule has 1 aromatic rings. The molecule has 9 heteroatoms. The van der Waals surface area contributed by atoms with Gasteiger partial charge < -0.3 is 15.4 Å². The Kier molecular flexibility index (Phi) is 6.74. The van der Waals surface area contributed by atoms with Gasteiger partial charge in [-0.15, -0.1) is 11.8 Å². The van der Waals surface area contributed by atoms with Gasteiger partial charge in [0.15, 0.2) is 6.61 Å². The number of carbonyl (C=O) groups is 3. The predicted molar refractivity (Wildman–Crippen MR) is 86.5 cm³/mol. The van der Waals surface area contributed by atoms with E-state index >= 15 is 0 Å². The van der Waals surface area contributed by atoms with Crippen LogP contribution >= 0.6 is 11.8 Å². The van der Waals surface area contributed by atoms with Crippen molar-refractivity contribution in [2.75, 3.05) is 25.4 Å². The molecule has 2 amide bonds. The van der Waals surface area contributed by atoms with Gasteiger partial charge in [-0.25, -0.2) is 8.78 Å². The van der Waals surface area contributed by atoms with Crippen molar-refractivity contribution in [3.05, 3.63) is 29.8 Å². The molecule has 0 spiro atoms. The van der Waals surface area contributed by atoms with Gasteiger partial charge in [-0.2, -0.15) is 0 Å². The number of thioether (sulfide) groups is 1. The molecule has 136 valence electrons. The highest BCUT2D eigenvalue weighted by atomic mass is 32.2. The lowest BCUT2D eigenvalue weighted by molar-refractivity contribution is -0.151. The number of carbonyl (C=O) groups excluding carboxylic acids is 3. The molecule has 25 heavy (non-hydrogen) atoms. The van der Waals surface area contributed by atoms with Gasteiger partial charge in [-0.1, -0.05) is 0 Å². The minimum absolute atomic E-state index is 0.0105. The number of likely N-dealkylation sites (tertiary alicyclic amines) is 1. The molecule has 0 radical (unpaired) electrons. The van der Waals surface area contributed by atoms with Crippen LogP contribution in [0.25, 0.3) is 0 Å². The number of ether oxygens (including phenoxy) is 1. The van der Waals surface area contributed by atoms with Gasteiger partial charge in [0.05, 0.1) is 11.7 Å². The molecule has 1 aromatic carbocycles. The zero-order chi connectivity index (χ0) is 18.4. The third kappa shape index (κ3) is 5.70. The molecule has 1 aliphatic heterocycles. The van der Waals surface area contributed by atoms with Crippen LogP contribution in [0.15, 0.2) is 23.1 Å². The molecule has 1 fully saturated rings. The highest BCUT2D eigenvalue weighted by Gasteiger charge is 2.27. The summed E-state index contributed by atoms with van der Waals surface area (Å²) in [4.78, 5) is 36.3. The number of hydrogen-bond acceptors (Lipinski definition) is 5. The predicted octanol–water partition coefficient (Wildman–Crippen LogP) is 1.32. The van der Waals surface area contributed by atoms with Crippen LogP contribution in [0.4, 0.5) is 8.78 Å². The van der Waals surface area contributed by atoms with Crippen molar-refractivity contribution in [3.8, 4) is 0 Å². The summed E-state index contributed by atoms with van der Waals surface area (Å²) in [5, 5.41) is 0. The average Bonchev–Trinajstić information content (AvgIpc) is 2.60. The summed E-state index contributed by atoms with van der Waals surface area (Å²) in [6.45, 7) is 0.231. The number of benzene rings is 1. The van der Waals surface area contributed by atoms with E-state index in [4.69, 9.17) is 10.5 Å². The van der Waals surface area contributed by atoms with Gasteiger partial charge in [0.1, 0.15) is 11.6 Å². The van der Waals surface area contributed by atoms with Crippen molar-refractivity contribution in [2.45, 2.75) is 17.7 Å². The fourth-order valence-corrected chi connectivity index (χ4v) is 3.19. The van der Waals surface area contributed by atoms with E-state index in [2.05, 4.69) is 0 Å². The first-order valence-corrected chi connectivity index (χ1v) is 8.66. The topological polar surface area (TPSA) is 89.7 Å². The maximum atomic E-state index is 13.4. The first-order chi connectivity index (χ1) is 11.9. The Morgan fingerprint density at radius 1 is 1.32 bits per heavy atom. The van der Waals surface area contributed by atoms with Crippen LogP contribution in [0.5, 0.6) is 0 Å². The smallest absolute Gasteiger partial charge is 0.316 e. The second-order valence-corrected chi connectivity index (χ2v) is 6.62. The van der Waals surface area contributed by atoms with Crippen molar-refractivity contribution in [1.82, 2.24) is 4.90 Å². The van der Waals surface area contributed by atoms with E-state index in [0.29, 0.717) is 19.4 Å². The number of nitrogens with two attached hydrogens (primary N) is 1. The van der Waals surface area contributed by atoms with Crippen molar-refractivity contribution in [3.63, 3.8) is 0 Å². The number of esters is 1. The minimum Gasteiger partial charge on any atom is -0.455 e. The van der Waals surface area contributed by atoms with Gasteiger partial charge in [0, 0.05) is 18.0 Å². The number of piperidine rings is 1. The monoisotopic (exact) mass is 372 g/mol. The van der Waals surface area contributed by atoms with Gasteiger partial charge in [-0.05, 0) is 31.0 Å². The Hall–Kier alpha value is -2.16. The fraction of sp³-hybridized carbons (Fsp3) is 0.438. The second kappa shape index (κ2) is 8.80. The van der Waals surface area contributed by atoms with Crippen LogP contribution in [0.1, 0.15) is 12.8 Å². The number of hydrogen-bond donors (Lipinski definition) is 1. The summed E-state index contributed by atoms with van der Waals surface area (Å²) < 4.78 is 31.3. The number of nitrogens with zero attached hydrogens (tertiary/aromatic N) is 1. The van der Waals surface area contributed by atoms with Crippen LogP contribution in [0.3, 0.4) is 0 Å². The fourth-order valence-electron chi connectivity index (χ4n) is 2.44. The van der Waals surface area contributed by atoms with Crippen LogP contribution < -0.4 is 5.73 Å². The summed E-state index contributed by atoms with van der Waals surface area (Å²) in [7, 11) is 0. The van der Waals surface area contributed by atoms with Gasteiger partial charge in [0.25, 0.3) is 5.91 Å². The Balaban J connectivity index is 1.76. The van der Waals surface area contributed by atoms with E-state index in [1.807, 2.05) is 0 Å². The van der Waals surface area contributed by atoms with Crippen molar-refractivity contribution in [2.24, 2.45) is 11.7 Å². The van der Waals surface area contributed by atoms with E-state index in [9.17, 15) is 23.2 Å². The van der Waals surface area contributed by atoms with E-state index in [1.165, 1.54) is 4.90 Å². The molecule has 0 saturated carbocycles. The standard InChI is InChI=1S/C16H18F2N2O4S/c17-11-3-4-12(18)13(6-11)25-9-15(22)24-8-14(21)20-5-1-2-10(7-20)16(19)23/h3-4,6,10H,1-2,5,7-9H2,(H2,19,23)/t10-/m1/s1. The molecule has 1 atom stereocenters. The quantitative estimate of drug-likeness (QED) is 0.601. The number of rotatable bonds is 6. The molecular formula is C16H18F2N2O4S. The van der Waals surface area contributed by atoms with E-state index < -0.39 is 36.0 Å². The van der Waals surface area contributed by atoms with Crippen LogP contribution in [0, 0.1) is 17.6 Å². The third-order valence-corrected chi connectivity index (χ3v) is 4.78. The number of primary amides is 1.